The van der Waals surface area contributed by atoms with Gasteiger partial charge in [-0.05, 0) is 106 Å². The molecular weight excluding hydrogens is 961 g/mol. The van der Waals surface area contributed by atoms with Crippen LogP contribution in [0.1, 0.15) is 11.1 Å². The molecule has 0 aliphatic carbocycles. The molecule has 0 aliphatic rings. The Bertz CT molecular complexity index is 5010. The average Bonchev–Trinajstić information content (AvgIpc) is 4.38. The normalized spacial score (nSPS) is 11.5. The maximum absolute atomic E-state index is 11.0. The second-order valence-corrected chi connectivity index (χ2v) is 20.1. The molecule has 0 radical (unpaired) electrons. The number of rotatable bonds is 8. The Labute approximate surface area is 455 Å². The van der Waals surface area contributed by atoms with Gasteiger partial charge in [-0.15, -0.1) is 0 Å². The molecule has 0 spiro atoms. The molecule has 6 nitrogen and oxygen atoms in total. The van der Waals surface area contributed by atoms with Crippen molar-refractivity contribution in [1.29, 1.82) is 10.5 Å². The summed E-state index contributed by atoms with van der Waals surface area (Å²) in [5.41, 5.74) is 18.1. The van der Waals surface area contributed by atoms with E-state index in [2.05, 4.69) is 268 Å². The minimum absolute atomic E-state index is 0.284. The molecule has 79 heavy (non-hydrogen) atoms. The molecule has 0 N–H and O–H groups in total. The monoisotopic (exact) mass is 1000 g/mol. The van der Waals surface area contributed by atoms with E-state index in [1.807, 2.05) is 18.2 Å². The first-order valence-electron chi connectivity index (χ1n) is 26.5. The maximum Gasteiger partial charge on any atom is 0.163 e. The molecule has 0 amide bonds. The zero-order chi connectivity index (χ0) is 52.6. The van der Waals surface area contributed by atoms with E-state index in [-0.39, 0.29) is 5.56 Å². The van der Waals surface area contributed by atoms with Gasteiger partial charge < -0.3 is 9.13 Å². The highest BCUT2D eigenvalue weighted by Crippen LogP contribution is 2.50. The number of pyridine rings is 1. The van der Waals surface area contributed by atoms with Gasteiger partial charge in [-0.2, -0.15) is 10.5 Å². The summed E-state index contributed by atoms with van der Waals surface area (Å²) in [5.74, 6) is 0.695. The van der Waals surface area contributed by atoms with E-state index in [0.29, 0.717) is 11.4 Å². The van der Waals surface area contributed by atoms with E-state index >= 15 is 0 Å². The Kier molecular flexibility index (Phi) is 10.5. The number of benzene rings is 11. The fraction of sp³-hybridized carbons (Fsp3) is 0. The topological polar surface area (TPSA) is 75.3 Å². The molecule has 4 aromatic heterocycles. The predicted octanol–water partition coefficient (Wildman–Crippen LogP) is 18.5. The van der Waals surface area contributed by atoms with Crippen molar-refractivity contribution in [2.45, 2.75) is 0 Å². The van der Waals surface area contributed by atoms with Crippen LogP contribution >= 0.6 is 0 Å². The smallest absolute Gasteiger partial charge is 0.163 e. The maximum atomic E-state index is 11.0. The quantitative estimate of drug-likeness (QED) is 0.152. The van der Waals surface area contributed by atoms with Gasteiger partial charge in [-0.25, -0.2) is 4.98 Å². The highest BCUT2D eigenvalue weighted by Gasteiger charge is 2.32. The molecule has 366 valence electrons. The third kappa shape index (κ3) is 7.21. The number of hydrogen-bond donors (Lipinski definition) is 0. The standard InChI is InChI=1S/C73H44N6/c74-45-55-34-33-54(41-56(55)46-75)69-71(77-63-30-16-13-27-57(63)60-42-51(35-38-66(60)77)47-19-5-1-6-20-47)70(50-25-11-4-12-26-50)76-73(79-65-32-18-15-29-59(65)62-44-53(37-40-68(62)79)49-23-9-3-10-24-49)72(69)78-64-31-17-14-28-58(64)61-43-52(36-39-67(61)78)48-21-7-2-8-22-48/h1-44H. The summed E-state index contributed by atoms with van der Waals surface area (Å²) in [7, 11) is 0. The van der Waals surface area contributed by atoms with Crippen LogP contribution < -0.4 is 0 Å². The van der Waals surface area contributed by atoms with Gasteiger partial charge in [0.1, 0.15) is 12.1 Å². The Morgan fingerprint density at radius 2 is 0.620 bits per heavy atom. The summed E-state index contributed by atoms with van der Waals surface area (Å²) in [6, 6.07) is 98.8. The zero-order valence-electron chi connectivity index (χ0n) is 42.6. The van der Waals surface area contributed by atoms with Gasteiger partial charge in [-0.1, -0.05) is 200 Å². The molecule has 11 aromatic carbocycles. The molecule has 0 fully saturated rings. The zero-order valence-corrected chi connectivity index (χ0v) is 42.6. The van der Waals surface area contributed by atoms with Gasteiger partial charge in [0.2, 0.25) is 0 Å². The fourth-order valence-corrected chi connectivity index (χ4v) is 12.2. The fourth-order valence-electron chi connectivity index (χ4n) is 12.2. The van der Waals surface area contributed by atoms with Gasteiger partial charge in [0, 0.05) is 43.4 Å². The summed E-state index contributed by atoms with van der Waals surface area (Å²) in [6.07, 6.45) is 0. The molecule has 15 rings (SSSR count). The lowest BCUT2D eigenvalue weighted by Gasteiger charge is -2.26. The van der Waals surface area contributed by atoms with Crippen LogP contribution in [0.5, 0.6) is 0 Å². The van der Waals surface area contributed by atoms with Crippen molar-refractivity contribution in [3.63, 3.8) is 0 Å². The van der Waals surface area contributed by atoms with Gasteiger partial charge in [-0.3, -0.25) is 4.57 Å². The highest BCUT2D eigenvalue weighted by atomic mass is 15.1. The third-order valence-electron chi connectivity index (χ3n) is 15.7. The van der Waals surface area contributed by atoms with Crippen molar-refractivity contribution in [2.24, 2.45) is 0 Å². The highest BCUT2D eigenvalue weighted by molar-refractivity contribution is 6.16. The summed E-state index contributed by atoms with van der Waals surface area (Å²) in [5, 5.41) is 28.0. The van der Waals surface area contributed by atoms with E-state index in [9.17, 15) is 10.5 Å². The lowest BCUT2D eigenvalue weighted by molar-refractivity contribution is 1.01. The molecule has 0 saturated carbocycles. The number of aromatic nitrogens is 4. The Morgan fingerprint density at radius 1 is 0.266 bits per heavy atom. The lowest BCUT2D eigenvalue weighted by atomic mass is 9.94. The van der Waals surface area contributed by atoms with Crippen LogP contribution in [0, 0.1) is 22.7 Å². The Balaban J connectivity index is 1.19. The van der Waals surface area contributed by atoms with E-state index in [1.54, 1.807) is 6.07 Å². The van der Waals surface area contributed by atoms with Gasteiger partial charge >= 0.3 is 0 Å². The van der Waals surface area contributed by atoms with Crippen LogP contribution in [0.3, 0.4) is 0 Å². The van der Waals surface area contributed by atoms with Crippen LogP contribution in [-0.2, 0) is 0 Å². The van der Waals surface area contributed by atoms with E-state index < -0.39 is 0 Å². The van der Waals surface area contributed by atoms with Gasteiger partial charge in [0.25, 0.3) is 0 Å². The Morgan fingerprint density at radius 3 is 1.06 bits per heavy atom. The SMILES string of the molecule is N#Cc1ccc(-c2c(-n3c4ccccc4c4cc(-c5ccccc5)ccc43)c(-c3ccccc3)nc(-n3c4ccccc4c4cc(-c5ccccc5)ccc43)c2-n2c3ccccc3c3cc(-c4ccccc4)ccc32)cc1C#N. The Hall–Kier alpha value is -11.1. The largest absolute Gasteiger partial charge is 0.306 e. The van der Waals surface area contributed by atoms with Crippen LogP contribution in [0.15, 0.2) is 267 Å². The molecule has 6 heteroatoms. The summed E-state index contributed by atoms with van der Waals surface area (Å²) in [4.78, 5) is 6.20. The predicted molar refractivity (Wildman–Crippen MR) is 324 cm³/mol. The number of hydrogen-bond acceptors (Lipinski definition) is 3. The van der Waals surface area contributed by atoms with E-state index in [4.69, 9.17) is 4.98 Å². The molecule has 0 unspecified atom stereocenters. The lowest BCUT2D eigenvalue weighted by Crippen LogP contribution is -2.13. The molecule has 4 heterocycles. The molecule has 0 bridgehead atoms. The van der Waals surface area contributed by atoms with Gasteiger partial charge in [0.15, 0.2) is 5.82 Å². The second-order valence-electron chi connectivity index (χ2n) is 20.1. The number of nitriles is 2. The molecule has 15 aromatic rings. The van der Waals surface area contributed by atoms with Crippen molar-refractivity contribution < 1.29 is 0 Å². The first kappa shape index (κ1) is 45.4. The minimum Gasteiger partial charge on any atom is -0.306 e. The van der Waals surface area contributed by atoms with Gasteiger partial charge in [0.05, 0.1) is 61.3 Å². The molecule has 0 aliphatic heterocycles. The summed E-state index contributed by atoms with van der Waals surface area (Å²) >= 11 is 0. The molecule has 0 atom stereocenters. The van der Waals surface area contributed by atoms with Crippen molar-refractivity contribution in [3.05, 3.63) is 278 Å². The van der Waals surface area contributed by atoms with Crippen LogP contribution in [-0.4, -0.2) is 18.7 Å². The summed E-state index contributed by atoms with van der Waals surface area (Å²) in [6.45, 7) is 0. The van der Waals surface area contributed by atoms with Crippen LogP contribution in [0.25, 0.3) is 138 Å². The van der Waals surface area contributed by atoms with Crippen molar-refractivity contribution >= 4 is 65.4 Å². The number of para-hydroxylation sites is 3. The minimum atomic E-state index is 0.284. The number of fused-ring (bicyclic) bond motifs is 9. The third-order valence-corrected chi connectivity index (χ3v) is 15.7. The van der Waals surface area contributed by atoms with E-state index in [1.165, 1.54) is 0 Å². The first-order chi connectivity index (χ1) is 39.1. The molecule has 0 saturated heterocycles. The number of nitrogens with zero attached hydrogens (tertiary/aromatic N) is 6. The summed E-state index contributed by atoms with van der Waals surface area (Å²) < 4.78 is 7.14. The first-order valence-corrected chi connectivity index (χ1v) is 26.5. The second kappa shape index (κ2) is 18.4. The van der Waals surface area contributed by atoms with Crippen LogP contribution in [0.2, 0.25) is 0 Å². The average molecular weight is 1010 g/mol. The molecular formula is C73H44N6. The van der Waals surface area contributed by atoms with Crippen LogP contribution in [0.4, 0.5) is 0 Å². The van der Waals surface area contributed by atoms with Crippen molar-refractivity contribution in [3.8, 4) is 85.1 Å². The van der Waals surface area contributed by atoms with E-state index in [0.717, 1.165) is 133 Å². The van der Waals surface area contributed by atoms with Crippen molar-refractivity contribution in [2.75, 3.05) is 0 Å². The van der Waals surface area contributed by atoms with Crippen molar-refractivity contribution in [1.82, 2.24) is 18.7 Å².